The number of ether oxygens (including phenoxy) is 1. The van der Waals surface area contributed by atoms with E-state index in [4.69, 9.17) is 21.4 Å². The van der Waals surface area contributed by atoms with Gasteiger partial charge in [0, 0.05) is 40.4 Å². The number of hydrogen-bond donors (Lipinski definition) is 4. The molecular formula is C32H32ClN3O8. The van der Waals surface area contributed by atoms with E-state index in [2.05, 4.69) is 10.6 Å². The maximum atomic E-state index is 13.9. The topological polar surface area (TPSA) is 162 Å². The van der Waals surface area contributed by atoms with E-state index in [1.807, 2.05) is 19.1 Å². The van der Waals surface area contributed by atoms with Gasteiger partial charge in [-0.1, -0.05) is 29.8 Å². The molecule has 1 unspecified atom stereocenters. The second kappa shape index (κ2) is 14.0. The predicted molar refractivity (Wildman–Crippen MR) is 163 cm³/mol. The molecule has 0 aromatic heterocycles. The van der Waals surface area contributed by atoms with Crippen LogP contribution >= 0.6 is 11.6 Å². The van der Waals surface area contributed by atoms with Crippen LogP contribution in [0.3, 0.4) is 0 Å². The number of amides is 3. The molecule has 0 radical (unpaired) electrons. The third-order valence-electron chi connectivity index (χ3n) is 7.31. The van der Waals surface area contributed by atoms with E-state index in [1.54, 1.807) is 60.4 Å². The van der Waals surface area contributed by atoms with Crippen molar-refractivity contribution in [2.75, 3.05) is 16.8 Å². The minimum atomic E-state index is -1.45. The average Bonchev–Trinajstić information content (AvgIpc) is 3.14. The van der Waals surface area contributed by atoms with Crippen molar-refractivity contribution in [2.45, 2.75) is 51.7 Å². The van der Waals surface area contributed by atoms with E-state index in [0.29, 0.717) is 58.0 Å². The van der Waals surface area contributed by atoms with Crippen LogP contribution < -0.4 is 15.5 Å². The molecule has 0 aliphatic carbocycles. The summed E-state index contributed by atoms with van der Waals surface area (Å²) in [4.78, 5) is 63.3. The first-order valence-corrected chi connectivity index (χ1v) is 14.3. The number of aryl methyl sites for hydroxylation is 2. The Labute approximate surface area is 258 Å². The van der Waals surface area contributed by atoms with Gasteiger partial charge in [-0.05, 0) is 86.7 Å². The number of halogens is 1. The molecule has 3 aromatic rings. The molecule has 3 aromatic carbocycles. The molecule has 0 fully saturated rings. The van der Waals surface area contributed by atoms with Gasteiger partial charge in [0.05, 0.1) is 5.69 Å². The quantitative estimate of drug-likeness (QED) is 0.235. The number of benzene rings is 3. The van der Waals surface area contributed by atoms with Gasteiger partial charge in [0.2, 0.25) is 0 Å². The number of carboxylic acid groups (broad SMARTS) is 2. The van der Waals surface area contributed by atoms with Crippen molar-refractivity contribution in [3.8, 4) is 0 Å². The first-order chi connectivity index (χ1) is 20.9. The molecule has 0 saturated heterocycles. The molecule has 230 valence electrons. The zero-order valence-electron chi connectivity index (χ0n) is 24.1. The standard InChI is InChI=1S/C32H32ClN3O8/c1-18-6-3-4-7-22(18)29(39)34-21-10-11-23(19(2)16-21)30(40)36-15-5-8-27(24-17-20(33)9-13-26(24)36)44-32(43)35-25(31(41)42)12-14-28(37)38/h3-4,6-7,9-11,13,16-17,25,27H,5,8,12,14-15H2,1-2H3,(H,34,39)(H,35,43)(H,37,38)(H,41,42)/t25-,27?/m0/s1. The Hall–Kier alpha value is -4.90. The third-order valence-corrected chi connectivity index (χ3v) is 7.55. The van der Waals surface area contributed by atoms with Crippen LogP contribution in [0.15, 0.2) is 60.7 Å². The van der Waals surface area contributed by atoms with Crippen molar-refractivity contribution in [1.29, 1.82) is 0 Å². The van der Waals surface area contributed by atoms with Crippen molar-refractivity contribution in [1.82, 2.24) is 5.32 Å². The van der Waals surface area contributed by atoms with Crippen LogP contribution in [0.2, 0.25) is 5.02 Å². The lowest BCUT2D eigenvalue weighted by Crippen LogP contribution is -2.41. The van der Waals surface area contributed by atoms with Gasteiger partial charge >= 0.3 is 18.0 Å². The lowest BCUT2D eigenvalue weighted by molar-refractivity contribution is -0.140. The molecule has 44 heavy (non-hydrogen) atoms. The van der Waals surface area contributed by atoms with Crippen molar-refractivity contribution in [2.24, 2.45) is 0 Å². The van der Waals surface area contributed by atoms with E-state index < -0.39 is 36.6 Å². The highest BCUT2D eigenvalue weighted by molar-refractivity contribution is 6.30. The molecule has 4 N–H and O–H groups in total. The molecule has 1 aliphatic heterocycles. The number of carboxylic acids is 2. The molecule has 0 saturated carbocycles. The Morgan fingerprint density at radius 2 is 1.73 bits per heavy atom. The highest BCUT2D eigenvalue weighted by atomic mass is 35.5. The van der Waals surface area contributed by atoms with Crippen LogP contribution in [0, 0.1) is 13.8 Å². The fourth-order valence-corrected chi connectivity index (χ4v) is 5.24. The zero-order valence-corrected chi connectivity index (χ0v) is 24.9. The van der Waals surface area contributed by atoms with Gasteiger partial charge in [0.15, 0.2) is 0 Å². The molecule has 0 spiro atoms. The number of anilines is 2. The molecule has 1 aliphatic rings. The maximum Gasteiger partial charge on any atom is 0.408 e. The Balaban J connectivity index is 1.53. The summed E-state index contributed by atoms with van der Waals surface area (Å²) in [5.74, 6) is -3.14. The minimum Gasteiger partial charge on any atom is -0.481 e. The highest BCUT2D eigenvalue weighted by Gasteiger charge is 2.31. The van der Waals surface area contributed by atoms with Crippen molar-refractivity contribution in [3.63, 3.8) is 0 Å². The van der Waals surface area contributed by atoms with Crippen molar-refractivity contribution < 1.29 is 38.9 Å². The molecule has 2 atom stereocenters. The Kier molecular flexibility index (Phi) is 10.2. The van der Waals surface area contributed by atoms with E-state index in [1.165, 1.54) is 0 Å². The van der Waals surface area contributed by atoms with Crippen LogP contribution in [0.1, 0.15) is 69.2 Å². The highest BCUT2D eigenvalue weighted by Crippen LogP contribution is 2.38. The summed E-state index contributed by atoms with van der Waals surface area (Å²) in [7, 11) is 0. The number of nitrogens with zero attached hydrogens (tertiary/aromatic N) is 1. The van der Waals surface area contributed by atoms with Gasteiger partial charge in [-0.3, -0.25) is 14.4 Å². The van der Waals surface area contributed by atoms with E-state index in [-0.39, 0.29) is 18.2 Å². The molecule has 1 heterocycles. The van der Waals surface area contributed by atoms with Crippen LogP contribution in [0.4, 0.5) is 16.2 Å². The van der Waals surface area contributed by atoms with Crippen molar-refractivity contribution in [3.05, 3.63) is 93.5 Å². The van der Waals surface area contributed by atoms with Crippen molar-refractivity contribution >= 4 is 52.8 Å². The number of fused-ring (bicyclic) bond motifs is 1. The molecule has 3 amide bonds. The lowest BCUT2D eigenvalue weighted by Gasteiger charge is -2.25. The Morgan fingerprint density at radius 1 is 0.977 bits per heavy atom. The van der Waals surface area contributed by atoms with E-state index >= 15 is 0 Å². The zero-order chi connectivity index (χ0) is 32.0. The van der Waals surface area contributed by atoms with E-state index in [0.717, 1.165) is 5.56 Å². The summed E-state index contributed by atoms with van der Waals surface area (Å²) in [5.41, 5.74) is 3.94. The Morgan fingerprint density at radius 3 is 2.41 bits per heavy atom. The smallest absolute Gasteiger partial charge is 0.408 e. The number of nitrogens with one attached hydrogen (secondary N) is 2. The molecule has 4 rings (SSSR count). The van der Waals surface area contributed by atoms with Crippen LogP contribution in [0.25, 0.3) is 0 Å². The van der Waals surface area contributed by atoms with Gasteiger partial charge < -0.3 is 30.5 Å². The fraction of sp³-hybridized carbons (Fsp3) is 0.281. The van der Waals surface area contributed by atoms with Gasteiger partial charge in [-0.25, -0.2) is 9.59 Å². The molecule has 11 nitrogen and oxygen atoms in total. The van der Waals surface area contributed by atoms with Gasteiger partial charge in [-0.15, -0.1) is 0 Å². The maximum absolute atomic E-state index is 13.9. The van der Waals surface area contributed by atoms with Gasteiger partial charge in [0.1, 0.15) is 12.1 Å². The second-order valence-electron chi connectivity index (χ2n) is 10.5. The Bertz CT molecular complexity index is 1610. The van der Waals surface area contributed by atoms with E-state index in [9.17, 15) is 29.1 Å². The first kappa shape index (κ1) is 32.0. The lowest BCUT2D eigenvalue weighted by atomic mass is 10.0. The number of aliphatic carboxylic acids is 2. The van der Waals surface area contributed by atoms with Gasteiger partial charge in [-0.2, -0.15) is 0 Å². The predicted octanol–water partition coefficient (Wildman–Crippen LogP) is 5.74. The summed E-state index contributed by atoms with van der Waals surface area (Å²) < 4.78 is 5.60. The summed E-state index contributed by atoms with van der Waals surface area (Å²) >= 11 is 6.28. The van der Waals surface area contributed by atoms with Crippen LogP contribution in [0.5, 0.6) is 0 Å². The molecule has 0 bridgehead atoms. The van der Waals surface area contributed by atoms with Crippen LogP contribution in [-0.2, 0) is 14.3 Å². The number of carbonyl (C=O) groups is 5. The average molecular weight is 622 g/mol. The second-order valence-corrected chi connectivity index (χ2v) is 10.9. The largest absolute Gasteiger partial charge is 0.481 e. The minimum absolute atomic E-state index is 0.258. The van der Waals surface area contributed by atoms with Gasteiger partial charge in [0.25, 0.3) is 11.8 Å². The fourth-order valence-electron chi connectivity index (χ4n) is 5.06. The normalized spacial score (nSPS) is 14.9. The number of rotatable bonds is 9. The summed E-state index contributed by atoms with van der Waals surface area (Å²) in [6.07, 6.45) is -1.88. The van der Waals surface area contributed by atoms with Crippen LogP contribution in [-0.4, -0.2) is 52.6 Å². The molecular weight excluding hydrogens is 590 g/mol. The first-order valence-electron chi connectivity index (χ1n) is 13.9. The monoisotopic (exact) mass is 621 g/mol. The summed E-state index contributed by atoms with van der Waals surface area (Å²) in [6, 6.07) is 15.7. The number of carbonyl (C=O) groups excluding carboxylic acids is 3. The summed E-state index contributed by atoms with van der Waals surface area (Å²) in [5, 5.41) is 23.7. The summed E-state index contributed by atoms with van der Waals surface area (Å²) in [6.45, 7) is 3.93. The SMILES string of the molecule is Cc1ccccc1C(=O)Nc1ccc(C(=O)N2CCCC(OC(=O)N[C@@H](CCC(=O)O)C(=O)O)c3cc(Cl)ccc32)c(C)c1. The third kappa shape index (κ3) is 7.73. The molecule has 12 heteroatoms. The number of hydrogen-bond acceptors (Lipinski definition) is 6. The number of alkyl carbamates (subject to hydrolysis) is 1.